The number of hydrogen-bond donors (Lipinski definition) is 0. The molecule has 0 aromatic heterocycles. The summed E-state index contributed by atoms with van der Waals surface area (Å²) in [6.07, 6.45) is 0. The normalized spacial score (nSPS) is 14.9. The summed E-state index contributed by atoms with van der Waals surface area (Å²) in [7, 11) is 0. The molecule has 1 aliphatic heterocycles. The Labute approximate surface area is 163 Å². The van der Waals surface area contributed by atoms with Crippen molar-refractivity contribution in [2.24, 2.45) is 0 Å². The number of thioether (sulfide) groups is 1. The Morgan fingerprint density at radius 2 is 1.25 bits per heavy atom. The molecule has 0 spiro atoms. The average Bonchev–Trinajstić information content (AvgIpc) is 2.67. The molecule has 0 atom stereocenters. The zero-order valence-corrected chi connectivity index (χ0v) is 15.4. The predicted molar refractivity (Wildman–Crippen MR) is 96.6 cm³/mol. The van der Waals surface area contributed by atoms with Gasteiger partial charge in [-0.05, 0) is 36.0 Å². The van der Waals surface area contributed by atoms with Crippen LogP contribution in [0.25, 0.3) is 0 Å². The van der Waals surface area contributed by atoms with Crippen molar-refractivity contribution in [3.8, 4) is 0 Å². The number of hydrogen-bond acceptors (Lipinski definition) is 3. The topological polar surface area (TPSA) is 40.6 Å². The van der Waals surface area contributed by atoms with Gasteiger partial charge in [0.05, 0.1) is 11.1 Å². The van der Waals surface area contributed by atoms with Gasteiger partial charge in [0.15, 0.2) is 0 Å². The lowest BCUT2D eigenvalue weighted by Crippen LogP contribution is -2.50. The van der Waals surface area contributed by atoms with Gasteiger partial charge in [0.25, 0.3) is 11.8 Å². The van der Waals surface area contributed by atoms with E-state index in [4.69, 9.17) is 0 Å². The van der Waals surface area contributed by atoms with Crippen molar-refractivity contribution in [3.05, 3.63) is 65.5 Å². The van der Waals surface area contributed by atoms with E-state index >= 15 is 0 Å². The molecular weight excluding hydrogens is 396 g/mol. The fourth-order valence-electron chi connectivity index (χ4n) is 2.94. The van der Waals surface area contributed by atoms with Crippen molar-refractivity contribution in [2.75, 3.05) is 26.2 Å². The Bertz CT molecular complexity index is 880. The van der Waals surface area contributed by atoms with Gasteiger partial charge in [0, 0.05) is 31.1 Å². The molecule has 2 aromatic rings. The van der Waals surface area contributed by atoms with Gasteiger partial charge in [0.1, 0.15) is 5.82 Å². The second kappa shape index (κ2) is 8.22. The summed E-state index contributed by atoms with van der Waals surface area (Å²) < 4.78 is 52.0. The van der Waals surface area contributed by atoms with Crippen LogP contribution >= 0.6 is 11.8 Å². The van der Waals surface area contributed by atoms with Crippen LogP contribution in [0.3, 0.4) is 0 Å². The molecule has 0 radical (unpaired) electrons. The standard InChI is InChI=1S/C19H16F4N2O2S/c20-15-7-3-1-5-13(15)17(26)24-9-11-25(12-10-24)18(27)14-6-2-4-8-16(14)28-19(21,22)23/h1-8H,9-12H2. The monoisotopic (exact) mass is 412 g/mol. The van der Waals surface area contributed by atoms with Crippen LogP contribution in [0.2, 0.25) is 0 Å². The van der Waals surface area contributed by atoms with E-state index in [2.05, 4.69) is 0 Å². The molecule has 1 saturated heterocycles. The molecule has 0 aliphatic carbocycles. The van der Waals surface area contributed by atoms with Crippen molar-refractivity contribution in [3.63, 3.8) is 0 Å². The van der Waals surface area contributed by atoms with Crippen LogP contribution in [-0.4, -0.2) is 53.3 Å². The first-order valence-corrected chi connectivity index (χ1v) is 9.26. The minimum Gasteiger partial charge on any atom is -0.335 e. The van der Waals surface area contributed by atoms with E-state index in [0.717, 1.165) is 0 Å². The molecule has 0 saturated carbocycles. The highest BCUT2D eigenvalue weighted by atomic mass is 32.2. The summed E-state index contributed by atoms with van der Waals surface area (Å²) in [6.45, 7) is 0.662. The third-order valence-corrected chi connectivity index (χ3v) is 5.11. The molecular formula is C19H16F4N2O2S. The number of carbonyl (C=O) groups is 2. The Balaban J connectivity index is 1.68. The van der Waals surface area contributed by atoms with E-state index in [9.17, 15) is 27.2 Å². The molecule has 1 heterocycles. The molecule has 4 nitrogen and oxygen atoms in total. The number of benzene rings is 2. The van der Waals surface area contributed by atoms with Gasteiger partial charge >= 0.3 is 5.51 Å². The highest BCUT2D eigenvalue weighted by molar-refractivity contribution is 8.00. The van der Waals surface area contributed by atoms with Gasteiger partial charge in [0.2, 0.25) is 0 Å². The highest BCUT2D eigenvalue weighted by Gasteiger charge is 2.33. The van der Waals surface area contributed by atoms with Crippen LogP contribution in [0.4, 0.5) is 17.6 Å². The SMILES string of the molecule is O=C(c1ccccc1F)N1CCN(C(=O)c2ccccc2SC(F)(F)F)CC1. The van der Waals surface area contributed by atoms with Gasteiger partial charge < -0.3 is 9.80 Å². The van der Waals surface area contributed by atoms with Crippen molar-refractivity contribution >= 4 is 23.6 Å². The van der Waals surface area contributed by atoms with E-state index in [1.54, 1.807) is 6.07 Å². The van der Waals surface area contributed by atoms with Crippen molar-refractivity contribution in [1.82, 2.24) is 9.80 Å². The summed E-state index contributed by atoms with van der Waals surface area (Å²) in [5.41, 5.74) is -4.57. The van der Waals surface area contributed by atoms with Crippen molar-refractivity contribution in [2.45, 2.75) is 10.4 Å². The zero-order chi connectivity index (χ0) is 20.3. The Morgan fingerprint density at radius 1 is 0.786 bits per heavy atom. The van der Waals surface area contributed by atoms with Crippen LogP contribution in [0.1, 0.15) is 20.7 Å². The predicted octanol–water partition coefficient (Wildman–Crippen LogP) is 4.04. The second-order valence-corrected chi connectivity index (χ2v) is 7.22. The molecule has 148 valence electrons. The fraction of sp³-hybridized carbons (Fsp3) is 0.263. The van der Waals surface area contributed by atoms with Crippen LogP contribution in [0, 0.1) is 5.82 Å². The molecule has 9 heteroatoms. The lowest BCUT2D eigenvalue weighted by atomic mass is 10.1. The quantitative estimate of drug-likeness (QED) is 0.565. The number of piperazine rings is 1. The second-order valence-electron chi connectivity index (χ2n) is 6.11. The number of halogens is 4. The Hall–Kier alpha value is -2.55. The third-order valence-electron chi connectivity index (χ3n) is 4.30. The minimum absolute atomic E-state index is 0.0290. The van der Waals surface area contributed by atoms with Crippen molar-refractivity contribution in [1.29, 1.82) is 0 Å². The minimum atomic E-state index is -4.50. The number of amides is 2. The first-order chi connectivity index (χ1) is 13.3. The molecule has 28 heavy (non-hydrogen) atoms. The van der Waals surface area contributed by atoms with Gasteiger partial charge in [-0.1, -0.05) is 24.3 Å². The smallest absolute Gasteiger partial charge is 0.335 e. The number of nitrogens with zero attached hydrogens (tertiary/aromatic N) is 2. The summed E-state index contributed by atoms with van der Waals surface area (Å²) in [6, 6.07) is 11.2. The van der Waals surface area contributed by atoms with E-state index in [1.165, 1.54) is 52.3 Å². The van der Waals surface area contributed by atoms with Gasteiger partial charge in [-0.15, -0.1) is 0 Å². The molecule has 2 aromatic carbocycles. The number of rotatable bonds is 3. The summed E-state index contributed by atoms with van der Waals surface area (Å²) in [5.74, 6) is -1.62. The fourth-order valence-corrected chi connectivity index (χ4v) is 3.61. The average molecular weight is 412 g/mol. The first-order valence-electron chi connectivity index (χ1n) is 8.44. The van der Waals surface area contributed by atoms with E-state index in [0.29, 0.717) is 0 Å². The van der Waals surface area contributed by atoms with Crippen LogP contribution in [0.15, 0.2) is 53.4 Å². The Kier molecular flexibility index (Phi) is 5.93. The van der Waals surface area contributed by atoms with Crippen LogP contribution < -0.4 is 0 Å². The summed E-state index contributed by atoms with van der Waals surface area (Å²) in [5, 5.41) is 0. The largest absolute Gasteiger partial charge is 0.446 e. The first kappa shape index (κ1) is 20.2. The third kappa shape index (κ3) is 4.64. The molecule has 0 N–H and O–H groups in total. The lowest BCUT2D eigenvalue weighted by Gasteiger charge is -2.35. The van der Waals surface area contributed by atoms with Gasteiger partial charge in [-0.2, -0.15) is 13.2 Å². The van der Waals surface area contributed by atoms with Crippen LogP contribution in [-0.2, 0) is 0 Å². The summed E-state index contributed by atoms with van der Waals surface area (Å²) >= 11 is -0.330. The van der Waals surface area contributed by atoms with Crippen molar-refractivity contribution < 1.29 is 27.2 Å². The van der Waals surface area contributed by atoms with E-state index < -0.39 is 23.1 Å². The molecule has 3 rings (SSSR count). The number of alkyl halides is 3. The van der Waals surface area contributed by atoms with E-state index in [1.807, 2.05) is 0 Å². The molecule has 0 bridgehead atoms. The maximum atomic E-state index is 13.8. The number of carbonyl (C=O) groups excluding carboxylic acids is 2. The molecule has 1 aliphatic rings. The Morgan fingerprint density at radius 3 is 1.79 bits per heavy atom. The van der Waals surface area contributed by atoms with Gasteiger partial charge in [-0.25, -0.2) is 4.39 Å². The highest BCUT2D eigenvalue weighted by Crippen LogP contribution is 2.38. The van der Waals surface area contributed by atoms with Gasteiger partial charge in [-0.3, -0.25) is 9.59 Å². The lowest BCUT2D eigenvalue weighted by molar-refractivity contribution is -0.0328. The molecule has 0 unspecified atom stereocenters. The maximum Gasteiger partial charge on any atom is 0.446 e. The zero-order valence-electron chi connectivity index (χ0n) is 14.6. The maximum absolute atomic E-state index is 13.8. The molecule has 1 fully saturated rings. The van der Waals surface area contributed by atoms with E-state index in [-0.39, 0.29) is 54.0 Å². The van der Waals surface area contributed by atoms with Crippen LogP contribution in [0.5, 0.6) is 0 Å². The molecule has 2 amide bonds. The summed E-state index contributed by atoms with van der Waals surface area (Å²) in [4.78, 5) is 27.8.